The van der Waals surface area contributed by atoms with Crippen LogP contribution in [-0.2, 0) is 9.59 Å². The predicted molar refractivity (Wildman–Crippen MR) is 72.7 cm³/mol. The van der Waals surface area contributed by atoms with Crippen LogP contribution in [0.5, 0.6) is 0 Å². The van der Waals surface area contributed by atoms with Crippen LogP contribution < -0.4 is 5.32 Å². The molecule has 2 N–H and O–H groups in total. The smallest absolute Gasteiger partial charge is 0.311 e. The third-order valence-corrected chi connectivity index (χ3v) is 4.55. The SMILES string of the molecule is CC1(C(=O)O)CCCC1NC(=O)CC1=CCCCC1. The summed E-state index contributed by atoms with van der Waals surface area (Å²) in [6, 6.07) is -0.221. The molecule has 19 heavy (non-hydrogen) atoms. The lowest BCUT2D eigenvalue weighted by Gasteiger charge is -2.28. The van der Waals surface area contributed by atoms with Gasteiger partial charge < -0.3 is 10.4 Å². The number of carbonyl (C=O) groups is 2. The molecule has 2 rings (SSSR count). The van der Waals surface area contributed by atoms with Gasteiger partial charge in [0.05, 0.1) is 5.41 Å². The van der Waals surface area contributed by atoms with Crippen molar-refractivity contribution >= 4 is 11.9 Å². The number of allylic oxidation sites excluding steroid dienone is 1. The molecule has 2 unspecified atom stereocenters. The van der Waals surface area contributed by atoms with E-state index in [2.05, 4.69) is 11.4 Å². The van der Waals surface area contributed by atoms with Crippen molar-refractivity contribution in [3.05, 3.63) is 11.6 Å². The second-order valence-corrected chi connectivity index (χ2v) is 6.02. The van der Waals surface area contributed by atoms with Gasteiger partial charge in [-0.15, -0.1) is 0 Å². The number of hydrogen-bond acceptors (Lipinski definition) is 2. The van der Waals surface area contributed by atoms with Crippen LogP contribution in [0, 0.1) is 5.41 Å². The lowest BCUT2D eigenvalue weighted by molar-refractivity contribution is -0.149. The Bertz CT molecular complexity index is 402. The molecule has 0 aromatic rings. The monoisotopic (exact) mass is 265 g/mol. The first-order valence-corrected chi connectivity index (χ1v) is 7.23. The lowest BCUT2D eigenvalue weighted by atomic mass is 9.84. The molecule has 2 aliphatic carbocycles. The van der Waals surface area contributed by atoms with E-state index in [-0.39, 0.29) is 11.9 Å². The van der Waals surface area contributed by atoms with Gasteiger partial charge >= 0.3 is 5.97 Å². The molecule has 0 saturated heterocycles. The number of nitrogens with one attached hydrogen (secondary N) is 1. The first kappa shape index (κ1) is 14.1. The van der Waals surface area contributed by atoms with Crippen LogP contribution in [0.15, 0.2) is 11.6 Å². The highest BCUT2D eigenvalue weighted by atomic mass is 16.4. The van der Waals surface area contributed by atoms with Gasteiger partial charge in [0.1, 0.15) is 0 Å². The molecule has 2 aliphatic rings. The highest BCUT2D eigenvalue weighted by molar-refractivity contribution is 5.81. The Labute approximate surface area is 114 Å². The van der Waals surface area contributed by atoms with Crippen molar-refractivity contribution in [3.63, 3.8) is 0 Å². The van der Waals surface area contributed by atoms with E-state index >= 15 is 0 Å². The van der Waals surface area contributed by atoms with Gasteiger partial charge in [-0.05, 0) is 45.4 Å². The fourth-order valence-electron chi connectivity index (χ4n) is 3.17. The van der Waals surface area contributed by atoms with E-state index in [1.165, 1.54) is 12.0 Å². The van der Waals surface area contributed by atoms with E-state index in [1.54, 1.807) is 6.92 Å². The Balaban J connectivity index is 1.91. The zero-order valence-electron chi connectivity index (χ0n) is 11.6. The minimum absolute atomic E-state index is 0.0208. The van der Waals surface area contributed by atoms with Crippen molar-refractivity contribution in [3.8, 4) is 0 Å². The van der Waals surface area contributed by atoms with Crippen LogP contribution in [0.1, 0.15) is 58.3 Å². The van der Waals surface area contributed by atoms with Gasteiger partial charge in [0.2, 0.25) is 5.91 Å². The van der Waals surface area contributed by atoms with Crippen LogP contribution >= 0.6 is 0 Å². The van der Waals surface area contributed by atoms with Gasteiger partial charge in [-0.2, -0.15) is 0 Å². The Morgan fingerprint density at radius 2 is 2.21 bits per heavy atom. The summed E-state index contributed by atoms with van der Waals surface area (Å²) in [6.45, 7) is 1.74. The van der Waals surface area contributed by atoms with E-state index < -0.39 is 11.4 Å². The van der Waals surface area contributed by atoms with Gasteiger partial charge in [0.25, 0.3) is 0 Å². The first-order valence-electron chi connectivity index (χ1n) is 7.23. The van der Waals surface area contributed by atoms with Crippen molar-refractivity contribution in [1.82, 2.24) is 5.32 Å². The van der Waals surface area contributed by atoms with Crippen molar-refractivity contribution in [1.29, 1.82) is 0 Å². The Morgan fingerprint density at radius 1 is 1.42 bits per heavy atom. The normalized spacial score (nSPS) is 30.8. The quantitative estimate of drug-likeness (QED) is 0.768. The molecule has 4 heteroatoms. The number of hydrogen-bond donors (Lipinski definition) is 2. The molecule has 0 aliphatic heterocycles. The van der Waals surface area contributed by atoms with E-state index in [9.17, 15) is 14.7 Å². The minimum atomic E-state index is -0.799. The van der Waals surface area contributed by atoms with Gasteiger partial charge in [0.15, 0.2) is 0 Å². The highest BCUT2D eigenvalue weighted by Gasteiger charge is 2.45. The Hall–Kier alpha value is -1.32. The molecule has 0 bridgehead atoms. The molecule has 0 spiro atoms. The molecule has 4 nitrogen and oxygen atoms in total. The van der Waals surface area contributed by atoms with Crippen molar-refractivity contribution < 1.29 is 14.7 Å². The van der Waals surface area contributed by atoms with Crippen LogP contribution in [0.4, 0.5) is 0 Å². The molecule has 1 amide bonds. The van der Waals surface area contributed by atoms with Crippen LogP contribution in [-0.4, -0.2) is 23.0 Å². The summed E-state index contributed by atoms with van der Waals surface area (Å²) in [4.78, 5) is 23.4. The lowest BCUT2D eigenvalue weighted by Crippen LogP contribution is -2.47. The molecule has 1 fully saturated rings. The van der Waals surface area contributed by atoms with Crippen LogP contribution in [0.2, 0.25) is 0 Å². The summed E-state index contributed by atoms with van der Waals surface area (Å²) in [5.74, 6) is -0.820. The molecular weight excluding hydrogens is 242 g/mol. The van der Waals surface area contributed by atoms with Crippen molar-refractivity contribution in [2.24, 2.45) is 5.41 Å². The zero-order chi connectivity index (χ0) is 13.9. The Morgan fingerprint density at radius 3 is 2.84 bits per heavy atom. The zero-order valence-corrected chi connectivity index (χ0v) is 11.6. The third kappa shape index (κ3) is 3.17. The molecule has 0 aromatic heterocycles. The number of amides is 1. The van der Waals surface area contributed by atoms with Crippen LogP contribution in [0.25, 0.3) is 0 Å². The summed E-state index contributed by atoms with van der Waals surface area (Å²) in [5.41, 5.74) is 0.412. The molecule has 0 aromatic carbocycles. The molecule has 1 saturated carbocycles. The summed E-state index contributed by atoms with van der Waals surface area (Å²) in [5, 5.41) is 12.3. The maximum Gasteiger partial charge on any atom is 0.311 e. The summed E-state index contributed by atoms with van der Waals surface area (Å²) in [6.07, 6.45) is 9.34. The average molecular weight is 265 g/mol. The van der Waals surface area contributed by atoms with Gasteiger partial charge in [-0.3, -0.25) is 9.59 Å². The molecule has 0 heterocycles. The maximum atomic E-state index is 12.0. The van der Waals surface area contributed by atoms with E-state index in [0.29, 0.717) is 12.8 Å². The summed E-state index contributed by atoms with van der Waals surface area (Å²) >= 11 is 0. The first-order chi connectivity index (χ1) is 9.02. The third-order valence-electron chi connectivity index (χ3n) is 4.55. The standard InChI is InChI=1S/C15H23NO3/c1-15(14(18)19)9-5-8-12(15)16-13(17)10-11-6-3-2-4-7-11/h6,12H,2-5,7-10H2,1H3,(H,16,17)(H,18,19). The number of carboxylic acids is 1. The Kier molecular flexibility index (Phi) is 4.27. The highest BCUT2D eigenvalue weighted by Crippen LogP contribution is 2.38. The van der Waals surface area contributed by atoms with Crippen molar-refractivity contribution in [2.75, 3.05) is 0 Å². The van der Waals surface area contributed by atoms with E-state index in [1.807, 2.05) is 0 Å². The molecule has 2 atom stereocenters. The minimum Gasteiger partial charge on any atom is -0.481 e. The topological polar surface area (TPSA) is 66.4 Å². The summed E-state index contributed by atoms with van der Waals surface area (Å²) < 4.78 is 0. The van der Waals surface area contributed by atoms with Crippen LogP contribution in [0.3, 0.4) is 0 Å². The fraction of sp³-hybridized carbons (Fsp3) is 0.733. The number of rotatable bonds is 4. The number of carbonyl (C=O) groups excluding carboxylic acids is 1. The molecular formula is C15H23NO3. The fourth-order valence-corrected chi connectivity index (χ4v) is 3.17. The van der Waals surface area contributed by atoms with Gasteiger partial charge in [-0.1, -0.05) is 18.1 Å². The molecule has 0 radical (unpaired) electrons. The predicted octanol–water partition coefficient (Wildman–Crippen LogP) is 2.64. The number of carboxylic acid groups (broad SMARTS) is 1. The second kappa shape index (κ2) is 5.76. The number of aliphatic carboxylic acids is 1. The average Bonchev–Trinajstić information content (AvgIpc) is 2.73. The van der Waals surface area contributed by atoms with Gasteiger partial charge in [0, 0.05) is 12.5 Å². The molecule has 106 valence electrons. The van der Waals surface area contributed by atoms with E-state index in [4.69, 9.17) is 0 Å². The van der Waals surface area contributed by atoms with Crippen molar-refractivity contribution in [2.45, 2.75) is 64.3 Å². The van der Waals surface area contributed by atoms with E-state index in [0.717, 1.165) is 32.1 Å². The van der Waals surface area contributed by atoms with Gasteiger partial charge in [-0.25, -0.2) is 0 Å². The second-order valence-electron chi connectivity index (χ2n) is 6.02. The largest absolute Gasteiger partial charge is 0.481 e. The maximum absolute atomic E-state index is 12.0. The summed E-state index contributed by atoms with van der Waals surface area (Å²) in [7, 11) is 0.